The van der Waals surface area contributed by atoms with E-state index >= 15 is 0 Å². The molecule has 18 rings (SSSR count). The second-order valence-electron chi connectivity index (χ2n) is 38.5. The monoisotopic (exact) mass is 2170 g/mol. The number of hydrogen-bond acceptors (Lipinski definition) is 15. The quantitative estimate of drug-likeness (QED) is 0.00731. The van der Waals surface area contributed by atoms with Gasteiger partial charge in [0, 0.05) is 132 Å². The number of halogens is 2. The molecule has 13 aliphatic rings. The van der Waals surface area contributed by atoms with Crippen LogP contribution < -0.4 is 29.6 Å². The Labute approximate surface area is 870 Å². The molecule has 3 spiro atoms. The largest absolute Gasteiger partial charge is 1.00 e. The van der Waals surface area contributed by atoms with Crippen molar-refractivity contribution < 1.29 is 114 Å². The van der Waals surface area contributed by atoms with Gasteiger partial charge in [0.05, 0.1) is 45.5 Å². The van der Waals surface area contributed by atoms with Crippen molar-refractivity contribution in [1.82, 2.24) is 24.5 Å². The molecule has 5 amide bonds. The molecule has 11 fully saturated rings. The van der Waals surface area contributed by atoms with E-state index in [4.69, 9.17) is 5.26 Å². The van der Waals surface area contributed by atoms with Gasteiger partial charge < -0.3 is 55.1 Å². The van der Waals surface area contributed by atoms with Gasteiger partial charge in [-0.25, -0.2) is 5.26 Å². The zero-order valence-corrected chi connectivity index (χ0v) is 92.3. The summed E-state index contributed by atoms with van der Waals surface area (Å²) in [5.74, 6) is 1.64. The topological polar surface area (TPSA) is 269 Å². The van der Waals surface area contributed by atoms with Gasteiger partial charge in [0.15, 0.2) is 11.6 Å². The Kier molecular flexibility index (Phi) is 45.6. The molecule has 5 aromatic carbocycles. The first-order valence-electron chi connectivity index (χ1n) is 48.4. The molecule has 741 valence electrons. The molecule has 6 saturated carbocycles. The number of ketones is 3. The predicted octanol–water partition coefficient (Wildman–Crippen LogP) is 19.9. The molecule has 5 aliphatic heterocycles. The Morgan fingerprint density at radius 1 is 0.485 bits per heavy atom. The number of likely N-dealkylation sites (tertiary alicyclic amines) is 5. The standard InChI is InChI=1S/C20H23NO3.C19H25NO2.C19H23NO2.C18H23NO2.C18H21NO2.C8H19O4P.C3H7.C2H5.3CH4.B.2HI.Na.Zn.H/c1-3-21-10-9-19-13-18(19,2)16(23)14(12-22)11-20(19,17(21)24)15-7-5-4-6-8-15;2*1-3-20-12-11-18-13-17(18,2)15(21)9-10-19(18,16(20)22)14-7-5-4-6-8-14;2*1-3-19-12-10-15-13(2)16(20)9-11-18(15,17(19)21)14-7-5-4-6-8-14;1-3-5-7-13(10,12-11-9)8-6-4-2;1-3-2;1-2;;;;;;;;;/h4-8,12,22H,3,9-11,13H2,1-2H3;4-8,15,21H,3,9-13H2,1-2H3;4-8H,3,9-13H2,1-2H3;4-8,16,20H,3,9-12H2,1-2H3;4-8H,3,9-12H2,1-2H3;9H,3-8H2,1-2H3;1,3H2,2H3;1H2,2H3;3*1H4;;2*1H;;;/q;;;;;;2*-1;;;;;;;+1;+2;-1/p-2/b14-12-;;;;;;;;;;;;;;;;/t18-,19?,20-;15-,17-,18?,19-;17-,18?,19-;16-,18+;;;;;;;;;;;;;/m0000............./s1. The molecule has 5 aromatic rings. The van der Waals surface area contributed by atoms with Crippen LogP contribution in [0.3, 0.4) is 0 Å². The fourth-order valence-corrected chi connectivity index (χ4v) is 27.8. The number of carbonyl (C=O) groups excluding carboxylic acids is 8. The first-order chi connectivity index (χ1) is 62.7. The minimum absolute atomic E-state index is 0. The minimum Gasteiger partial charge on any atom is 1.00 e. The number of fused-ring (bicyclic) bond motifs is 2. The van der Waals surface area contributed by atoms with Crippen molar-refractivity contribution in [3.05, 3.63) is 227 Å². The predicted molar refractivity (Wildman–Crippen MR) is 559 cm³/mol. The van der Waals surface area contributed by atoms with Crippen molar-refractivity contribution in [3.63, 3.8) is 0 Å². The first-order valence-corrected chi connectivity index (χ1v) is 68.5. The van der Waals surface area contributed by atoms with Gasteiger partial charge in [-0.05, 0) is 213 Å². The van der Waals surface area contributed by atoms with E-state index in [1.807, 2.05) is 202 Å². The number of hydrogen-bond donors (Lipinski definition) is 4. The number of likely N-dealkylation sites (N-methyl/N-ethyl adjacent to an activating group) is 5. The van der Waals surface area contributed by atoms with Crippen LogP contribution in [0, 0.1) is 46.3 Å². The van der Waals surface area contributed by atoms with Crippen molar-refractivity contribution in [2.75, 3.05) is 77.8 Å². The average Bonchev–Trinajstić information content (AvgIpc) is 1.50. The van der Waals surface area contributed by atoms with Gasteiger partial charge in [-0.2, -0.15) is 13.3 Å². The number of aliphatic hydroxyl groups excluding tert-OH is 3. The van der Waals surface area contributed by atoms with Crippen molar-refractivity contribution in [2.24, 2.45) is 32.5 Å². The van der Waals surface area contributed by atoms with Crippen LogP contribution in [-0.2, 0) is 89.8 Å². The number of allylic oxidation sites excluding steroid dienone is 2. The Morgan fingerprint density at radius 3 is 1.25 bits per heavy atom. The van der Waals surface area contributed by atoms with Crippen LogP contribution in [0.4, 0.5) is 0 Å². The van der Waals surface area contributed by atoms with E-state index in [2.05, 4.69) is 127 Å². The smallest absolute Gasteiger partial charge is 1.00 e. The van der Waals surface area contributed by atoms with Crippen molar-refractivity contribution >= 4 is 102 Å². The summed E-state index contributed by atoms with van der Waals surface area (Å²) in [5, 5.41) is 42.1. The molecular weight excluding hydrogens is 2020 g/mol. The third-order valence-electron chi connectivity index (χ3n) is 33.0. The summed E-state index contributed by atoms with van der Waals surface area (Å²) in [4.78, 5) is 114. The van der Waals surface area contributed by atoms with Crippen LogP contribution in [-0.4, -0.2) is 190 Å². The van der Waals surface area contributed by atoms with Gasteiger partial charge in [0.2, 0.25) is 36.9 Å². The number of piperidine rings is 5. The minimum atomic E-state index is -2.72. The molecule has 3 radical (unpaired) electrons. The van der Waals surface area contributed by atoms with Gasteiger partial charge in [0.25, 0.3) is 0 Å². The maximum atomic E-state index is 13.6. The summed E-state index contributed by atoms with van der Waals surface area (Å²) in [7, 11) is -2.66. The summed E-state index contributed by atoms with van der Waals surface area (Å²) >= 11 is 4.93. The Bertz CT molecular complexity index is 4990. The summed E-state index contributed by atoms with van der Waals surface area (Å²) in [6.07, 6.45) is 18.5. The Balaban J connectivity index is 0.000000337. The molecule has 8 aliphatic carbocycles. The van der Waals surface area contributed by atoms with E-state index in [1.54, 1.807) is 6.92 Å². The van der Waals surface area contributed by atoms with Crippen LogP contribution in [0.25, 0.3) is 0 Å². The Hall–Kier alpha value is -5.34. The number of Topliss-reactive ketones (excluding diaryl/α,β-unsaturated/α-hetero) is 3. The molecule has 0 aromatic heterocycles. The van der Waals surface area contributed by atoms with E-state index in [1.165, 1.54) is 0 Å². The normalized spacial score (nSPS) is 30.5. The molecule has 5 saturated heterocycles. The number of unbranched alkanes of at least 4 members (excludes halogenated alkanes) is 2. The molecule has 13 atom stereocenters. The van der Waals surface area contributed by atoms with Gasteiger partial charge in [-0.3, -0.25) is 42.9 Å². The molecule has 26 heteroatoms. The van der Waals surface area contributed by atoms with Crippen molar-refractivity contribution in [1.29, 1.82) is 0 Å². The number of carbonyl (C=O) groups is 8. The molecule has 4 N–H and O–H groups in total. The van der Waals surface area contributed by atoms with Gasteiger partial charge in [-0.1, -0.05) is 233 Å². The molecule has 136 heavy (non-hydrogen) atoms. The second-order valence-corrected chi connectivity index (χ2v) is 64.7. The summed E-state index contributed by atoms with van der Waals surface area (Å²) in [5.41, 5.74) is 5.61. The molecule has 20 nitrogen and oxygen atoms in total. The van der Waals surface area contributed by atoms with Crippen LogP contribution in [0.15, 0.2) is 186 Å². The first kappa shape index (κ1) is 121. The summed E-state index contributed by atoms with van der Waals surface area (Å²) in [6.45, 7) is 42.4. The zero-order valence-electron chi connectivity index (χ0n) is 83.1. The van der Waals surface area contributed by atoms with E-state index in [-0.39, 0.29) is 140 Å². The summed E-state index contributed by atoms with van der Waals surface area (Å²) in [6, 6.07) is 50.5. The second kappa shape index (κ2) is 51.2. The number of benzene rings is 5. The average molecular weight is 2180 g/mol. The van der Waals surface area contributed by atoms with Gasteiger partial charge >= 0.3 is 79.2 Å². The summed E-state index contributed by atoms with van der Waals surface area (Å²) < 4.78 is 16.3. The van der Waals surface area contributed by atoms with E-state index < -0.39 is 46.0 Å². The maximum absolute atomic E-state index is 13.6. The zero-order chi connectivity index (χ0) is 96.0. The molecular formula is C110H159BI2N5NaO15PZn-2. The van der Waals surface area contributed by atoms with Crippen LogP contribution in [0.2, 0.25) is 0 Å². The van der Waals surface area contributed by atoms with Crippen molar-refractivity contribution in [3.8, 4) is 0 Å². The van der Waals surface area contributed by atoms with E-state index in [0.717, 1.165) is 205 Å². The van der Waals surface area contributed by atoms with E-state index in [0.29, 0.717) is 87.6 Å². The maximum Gasteiger partial charge on any atom is 1.00 e. The van der Waals surface area contributed by atoms with E-state index in [9.17, 15) is 58.2 Å². The third-order valence-corrected chi connectivity index (χ3v) is 35.3. The number of aliphatic hydroxyl groups is 3. The molecule has 5 heterocycles. The molecule has 4 unspecified atom stereocenters. The molecule has 0 bridgehead atoms. The third kappa shape index (κ3) is 21.3. The number of rotatable bonds is 18. The number of nitrogens with zero attached hydrogens (tertiary/aromatic N) is 5. The van der Waals surface area contributed by atoms with Crippen LogP contribution in [0.5, 0.6) is 0 Å². The fraction of sp³-hybridized carbons (Fsp3) is 0.582. The SMILES string of the molecule is C.C.C.CCCCP(=O)(CCCC)OOO.CCN1CCC23C[C@@]2(C)C(=O)/C(=C\O)C[C@]3(c2ccccc2)C1=O.CCN1CCC23C[C@@]2(C)C(=O)CC[C@]3(c2ccccc2)C1=O.CCN1CCC23C[C@@]2(C)[C@@H](O)CC[C@]3(c2ccccc2)C1=O.CCN1CCC2=C(C)C(=O)CCC2(c2ccccc2)C1=O.CCN1CCC2=C(C)[C@@H](O)CC[C@]2(c2ccccc2)C1=O.[B].[CH2-]C.[CH2-]CC.[H-].[I][Zn][I].[Na+]. The van der Waals surface area contributed by atoms with Crippen LogP contribution >= 0.6 is 46.9 Å². The van der Waals surface area contributed by atoms with Gasteiger partial charge in [0.1, 0.15) is 5.78 Å². The fourth-order valence-electron chi connectivity index (χ4n) is 25.7. The van der Waals surface area contributed by atoms with Crippen molar-refractivity contribution in [2.45, 2.75) is 300 Å². The Morgan fingerprint density at radius 2 is 0.846 bits per heavy atom. The van der Waals surface area contributed by atoms with Crippen LogP contribution in [0.1, 0.15) is 290 Å². The van der Waals surface area contributed by atoms with Gasteiger partial charge in [-0.15, -0.1) is 4.67 Å². The number of amides is 5.